The van der Waals surface area contributed by atoms with Crippen molar-refractivity contribution in [1.29, 1.82) is 0 Å². The molecule has 1 amide bonds. The van der Waals surface area contributed by atoms with Gasteiger partial charge in [0.15, 0.2) is 0 Å². The summed E-state index contributed by atoms with van der Waals surface area (Å²) in [5.41, 5.74) is 2.83. The number of hydrogen-bond acceptors (Lipinski definition) is 1. The van der Waals surface area contributed by atoms with E-state index in [1.165, 1.54) is 6.92 Å². The van der Waals surface area contributed by atoms with Crippen molar-refractivity contribution in [2.45, 2.75) is 20.8 Å². The van der Waals surface area contributed by atoms with Gasteiger partial charge in [-0.15, -0.1) is 0 Å². The largest absolute Gasteiger partial charge is 0.350 e. The van der Waals surface area contributed by atoms with Gasteiger partial charge in [0, 0.05) is 31.4 Å². The Hall–Kier alpha value is -1.25. The van der Waals surface area contributed by atoms with Gasteiger partial charge in [-0.05, 0) is 13.8 Å². The van der Waals surface area contributed by atoms with Gasteiger partial charge in [-0.1, -0.05) is 0 Å². The number of hydrogen-bond donors (Lipinski definition) is 1. The highest BCUT2D eigenvalue weighted by molar-refractivity contribution is 5.89. The first-order chi connectivity index (χ1) is 5.52. The van der Waals surface area contributed by atoms with Crippen LogP contribution in [0.4, 0.5) is 5.69 Å². The summed E-state index contributed by atoms with van der Waals surface area (Å²) in [5, 5.41) is 2.72. The SMILES string of the molecule is CC(=O)Nc1[c]c(C)n(C)c1C. The fourth-order valence-corrected chi connectivity index (χ4v) is 1.07. The Balaban J connectivity index is 3.01. The molecular weight excluding hydrogens is 152 g/mol. The summed E-state index contributed by atoms with van der Waals surface area (Å²) in [6, 6.07) is 3.07. The predicted octanol–water partition coefficient (Wildman–Crippen LogP) is 1.40. The minimum atomic E-state index is -0.0556. The Morgan fingerprint density at radius 1 is 1.50 bits per heavy atom. The number of aromatic nitrogens is 1. The summed E-state index contributed by atoms with van der Waals surface area (Å²) in [7, 11) is 1.95. The average molecular weight is 165 g/mol. The lowest BCUT2D eigenvalue weighted by Crippen LogP contribution is -2.06. The number of amides is 1. The highest BCUT2D eigenvalue weighted by atomic mass is 16.1. The zero-order chi connectivity index (χ0) is 9.30. The smallest absolute Gasteiger partial charge is 0.221 e. The van der Waals surface area contributed by atoms with Crippen LogP contribution in [0, 0.1) is 19.9 Å². The van der Waals surface area contributed by atoms with Crippen molar-refractivity contribution in [1.82, 2.24) is 4.57 Å². The summed E-state index contributed by atoms with van der Waals surface area (Å²) >= 11 is 0. The summed E-state index contributed by atoms with van der Waals surface area (Å²) in [5.74, 6) is -0.0556. The molecule has 0 fully saturated rings. The number of carbonyl (C=O) groups is 1. The normalized spacial score (nSPS) is 10.0. The Bertz CT molecular complexity index is 313. The molecule has 0 atom stereocenters. The number of anilines is 1. The van der Waals surface area contributed by atoms with Crippen LogP contribution in [-0.2, 0) is 11.8 Å². The van der Waals surface area contributed by atoms with Gasteiger partial charge in [0.25, 0.3) is 0 Å². The molecule has 1 aromatic rings. The minimum Gasteiger partial charge on any atom is -0.350 e. The maximum atomic E-state index is 10.7. The van der Waals surface area contributed by atoms with Crippen molar-refractivity contribution < 1.29 is 4.79 Å². The Morgan fingerprint density at radius 3 is 2.42 bits per heavy atom. The fraction of sp³-hybridized carbons (Fsp3) is 0.444. The van der Waals surface area contributed by atoms with Crippen molar-refractivity contribution in [3.8, 4) is 0 Å². The second kappa shape index (κ2) is 3.01. The quantitative estimate of drug-likeness (QED) is 0.670. The fourth-order valence-electron chi connectivity index (χ4n) is 1.07. The van der Waals surface area contributed by atoms with Crippen molar-refractivity contribution in [3.63, 3.8) is 0 Å². The third-order valence-electron chi connectivity index (χ3n) is 1.97. The maximum Gasteiger partial charge on any atom is 0.221 e. The molecule has 1 N–H and O–H groups in total. The number of rotatable bonds is 1. The lowest BCUT2D eigenvalue weighted by molar-refractivity contribution is -0.114. The van der Waals surface area contributed by atoms with E-state index in [1.54, 1.807) is 0 Å². The van der Waals surface area contributed by atoms with E-state index in [9.17, 15) is 4.79 Å². The van der Waals surface area contributed by atoms with E-state index in [0.717, 1.165) is 17.1 Å². The predicted molar refractivity (Wildman–Crippen MR) is 48.0 cm³/mol. The number of aryl methyl sites for hydroxylation is 1. The number of nitrogens with one attached hydrogen (secondary N) is 1. The van der Waals surface area contributed by atoms with Gasteiger partial charge in [-0.3, -0.25) is 4.79 Å². The minimum absolute atomic E-state index is 0.0556. The molecule has 0 unspecified atom stereocenters. The van der Waals surface area contributed by atoms with Gasteiger partial charge >= 0.3 is 0 Å². The van der Waals surface area contributed by atoms with Crippen molar-refractivity contribution in [2.24, 2.45) is 7.05 Å². The molecule has 0 aliphatic heterocycles. The summed E-state index contributed by atoms with van der Waals surface area (Å²) < 4.78 is 1.99. The van der Waals surface area contributed by atoms with Gasteiger partial charge in [-0.25, -0.2) is 0 Å². The van der Waals surface area contributed by atoms with Crippen LogP contribution in [-0.4, -0.2) is 10.5 Å². The molecule has 0 aliphatic rings. The molecule has 0 saturated carbocycles. The van der Waals surface area contributed by atoms with E-state index in [-0.39, 0.29) is 5.91 Å². The van der Waals surface area contributed by atoms with Crippen LogP contribution in [0.15, 0.2) is 0 Å². The lowest BCUT2D eigenvalue weighted by atomic mass is 10.3. The molecule has 0 saturated heterocycles. The molecule has 0 bridgehead atoms. The second-order valence-electron chi connectivity index (χ2n) is 2.91. The standard InChI is InChI=1S/C9H13N2O/c1-6-5-9(10-8(3)12)7(2)11(6)4/h1-4H3,(H,10,12). The number of nitrogens with zero attached hydrogens (tertiary/aromatic N) is 1. The maximum absolute atomic E-state index is 10.7. The number of carbonyl (C=O) groups excluding carboxylic acids is 1. The highest BCUT2D eigenvalue weighted by Gasteiger charge is 2.06. The van der Waals surface area contributed by atoms with Crippen molar-refractivity contribution in [2.75, 3.05) is 5.32 Å². The molecule has 0 aliphatic carbocycles. The zero-order valence-electron chi connectivity index (χ0n) is 7.86. The second-order valence-corrected chi connectivity index (χ2v) is 2.91. The van der Waals surface area contributed by atoms with Gasteiger partial charge in [0.05, 0.1) is 5.69 Å². The zero-order valence-corrected chi connectivity index (χ0v) is 7.86. The van der Waals surface area contributed by atoms with Crippen molar-refractivity contribution >= 4 is 11.6 Å². The van der Waals surface area contributed by atoms with E-state index >= 15 is 0 Å². The van der Waals surface area contributed by atoms with Crippen LogP contribution < -0.4 is 5.32 Å². The van der Waals surface area contributed by atoms with E-state index in [4.69, 9.17) is 0 Å². The van der Waals surface area contributed by atoms with Gasteiger partial charge in [-0.2, -0.15) is 0 Å². The molecule has 0 aromatic carbocycles. The first kappa shape index (κ1) is 8.84. The summed E-state index contributed by atoms with van der Waals surface area (Å²) in [6.45, 7) is 5.41. The Labute approximate surface area is 72.4 Å². The molecule has 1 heterocycles. The monoisotopic (exact) mass is 165 g/mol. The van der Waals surface area contributed by atoms with Gasteiger partial charge in [0.2, 0.25) is 5.91 Å². The molecular formula is C9H13N2O. The van der Waals surface area contributed by atoms with Crippen LogP contribution in [0.25, 0.3) is 0 Å². The first-order valence-electron chi connectivity index (χ1n) is 3.85. The molecule has 1 aromatic heterocycles. The van der Waals surface area contributed by atoms with E-state index < -0.39 is 0 Å². The highest BCUT2D eigenvalue weighted by Crippen LogP contribution is 2.17. The van der Waals surface area contributed by atoms with E-state index in [2.05, 4.69) is 11.4 Å². The molecule has 3 nitrogen and oxygen atoms in total. The van der Waals surface area contributed by atoms with Crippen LogP contribution >= 0.6 is 0 Å². The average Bonchev–Trinajstić information content (AvgIpc) is 2.17. The third kappa shape index (κ3) is 1.49. The molecule has 3 heteroatoms. The Kier molecular flexibility index (Phi) is 2.22. The molecule has 1 radical (unpaired) electrons. The van der Waals surface area contributed by atoms with Crippen molar-refractivity contribution in [3.05, 3.63) is 17.5 Å². The van der Waals surface area contributed by atoms with E-state index in [1.807, 2.05) is 25.5 Å². The molecule has 65 valence electrons. The lowest BCUT2D eigenvalue weighted by Gasteiger charge is -2.01. The molecule has 1 rings (SSSR count). The van der Waals surface area contributed by atoms with Crippen LogP contribution in [0.1, 0.15) is 18.3 Å². The van der Waals surface area contributed by atoms with Crippen LogP contribution in [0.5, 0.6) is 0 Å². The summed E-state index contributed by atoms with van der Waals surface area (Å²) in [4.78, 5) is 10.7. The van der Waals surface area contributed by atoms with Gasteiger partial charge < -0.3 is 9.88 Å². The third-order valence-corrected chi connectivity index (χ3v) is 1.97. The molecule has 0 spiro atoms. The molecule has 12 heavy (non-hydrogen) atoms. The first-order valence-corrected chi connectivity index (χ1v) is 3.85. The van der Waals surface area contributed by atoms with Gasteiger partial charge in [0.1, 0.15) is 0 Å². The van der Waals surface area contributed by atoms with Crippen LogP contribution in [0.2, 0.25) is 0 Å². The summed E-state index contributed by atoms with van der Waals surface area (Å²) in [6.07, 6.45) is 0. The van der Waals surface area contributed by atoms with Crippen LogP contribution in [0.3, 0.4) is 0 Å². The Morgan fingerprint density at radius 2 is 2.08 bits per heavy atom. The topological polar surface area (TPSA) is 34.0 Å². The van der Waals surface area contributed by atoms with E-state index in [0.29, 0.717) is 0 Å².